The third-order valence-corrected chi connectivity index (χ3v) is 7.59. The first-order valence-electron chi connectivity index (χ1n) is 13.9. The van der Waals surface area contributed by atoms with Crippen LogP contribution in [-0.2, 0) is 10.1 Å². The number of benzene rings is 3. The van der Waals surface area contributed by atoms with Gasteiger partial charge in [-0.1, -0.05) is 12.2 Å². The minimum atomic E-state index is -4.05. The molecule has 0 aliphatic heterocycles. The van der Waals surface area contributed by atoms with Gasteiger partial charge in [0.25, 0.3) is 10.1 Å². The van der Waals surface area contributed by atoms with Crippen molar-refractivity contribution in [2.24, 2.45) is 0 Å². The Morgan fingerprint density at radius 3 is 1.31 bits per heavy atom. The number of ether oxygens (including phenoxy) is 8. The van der Waals surface area contributed by atoms with Gasteiger partial charge in [-0.25, -0.2) is 0 Å². The van der Waals surface area contributed by atoms with E-state index in [1.165, 1.54) is 0 Å². The van der Waals surface area contributed by atoms with E-state index in [0.717, 1.165) is 0 Å². The first kappa shape index (κ1) is 34.9. The second-order valence-electron chi connectivity index (χ2n) is 9.53. The zero-order chi connectivity index (χ0) is 33.0. The molecule has 1 N–H and O–H groups in total. The lowest BCUT2D eigenvalue weighted by Gasteiger charge is -2.15. The first-order chi connectivity index (χ1) is 21.6. The van der Waals surface area contributed by atoms with Crippen molar-refractivity contribution >= 4 is 34.4 Å². The average molecular weight is 645 g/mol. The normalized spacial score (nSPS) is 11.5. The minimum absolute atomic E-state index is 0.209. The van der Waals surface area contributed by atoms with Crippen LogP contribution in [0.3, 0.4) is 0 Å². The highest BCUT2D eigenvalue weighted by Crippen LogP contribution is 2.39. The van der Waals surface area contributed by atoms with Gasteiger partial charge in [0.15, 0.2) is 0 Å². The van der Waals surface area contributed by atoms with E-state index in [-0.39, 0.29) is 18.8 Å². The smallest absolute Gasteiger partial charge is 0.264 e. The van der Waals surface area contributed by atoms with E-state index in [1.807, 2.05) is 36.4 Å². The van der Waals surface area contributed by atoms with E-state index in [0.29, 0.717) is 74.7 Å². The van der Waals surface area contributed by atoms with Crippen LogP contribution in [0.5, 0.6) is 46.0 Å². The Morgan fingerprint density at radius 1 is 0.533 bits per heavy atom. The van der Waals surface area contributed by atoms with Crippen molar-refractivity contribution < 1.29 is 50.9 Å². The van der Waals surface area contributed by atoms with E-state index in [4.69, 9.17) is 42.4 Å². The molecular weight excluding hydrogens is 604 g/mol. The summed E-state index contributed by atoms with van der Waals surface area (Å²) in [5.74, 6) is 4.10. The highest BCUT2D eigenvalue weighted by molar-refractivity contribution is 7.85. The Morgan fingerprint density at radius 2 is 0.933 bits per heavy atom. The number of unbranched alkanes of at least 4 members (excludes halogenated alkanes) is 1. The number of hydrogen-bond donors (Lipinski definition) is 1. The second kappa shape index (κ2) is 16.5. The van der Waals surface area contributed by atoms with Crippen LogP contribution in [0.15, 0.2) is 36.4 Å². The summed E-state index contributed by atoms with van der Waals surface area (Å²) in [6.07, 6.45) is 8.00. The molecule has 0 heterocycles. The van der Waals surface area contributed by atoms with Crippen LogP contribution in [0.4, 0.5) is 0 Å². The quantitative estimate of drug-likeness (QED) is 0.103. The van der Waals surface area contributed by atoms with Crippen LogP contribution >= 0.6 is 0 Å². The van der Waals surface area contributed by atoms with Crippen LogP contribution in [0, 0.1) is 0 Å². The van der Waals surface area contributed by atoms with Gasteiger partial charge >= 0.3 is 0 Å². The standard InChI is InChI=1S/C33H40O11S/c1-37-24-18-30(40-4)26(31(19-24)41-5)12-10-22-17-29(44-14-8-9-15-45(34,35)36)23(16-28(22)39-3)11-13-27-32(42-6)20-25(38-2)21-33(27)43-7/h10-13,16-21H,8-9,14-15H2,1-7H3,(H,34,35,36)/b12-10+,13-11+. The molecule has 0 saturated carbocycles. The van der Waals surface area contributed by atoms with E-state index < -0.39 is 10.1 Å². The SMILES string of the molecule is COc1cc(OC)c(/C=C/c2cc(OCCCCS(=O)(=O)O)c(/C=C/c3c(OC)cc(OC)cc3OC)cc2OC)c(OC)c1. The predicted molar refractivity (Wildman–Crippen MR) is 174 cm³/mol. The van der Waals surface area contributed by atoms with Crippen molar-refractivity contribution in [2.45, 2.75) is 12.8 Å². The van der Waals surface area contributed by atoms with Crippen molar-refractivity contribution in [3.63, 3.8) is 0 Å². The number of rotatable bonds is 17. The molecule has 0 amide bonds. The lowest BCUT2D eigenvalue weighted by Crippen LogP contribution is -2.06. The van der Waals surface area contributed by atoms with Crippen molar-refractivity contribution in [3.8, 4) is 46.0 Å². The summed E-state index contributed by atoms with van der Waals surface area (Å²) < 4.78 is 76.3. The molecule has 11 nitrogen and oxygen atoms in total. The van der Waals surface area contributed by atoms with Crippen LogP contribution in [0.2, 0.25) is 0 Å². The summed E-state index contributed by atoms with van der Waals surface area (Å²) in [4.78, 5) is 0. The monoisotopic (exact) mass is 644 g/mol. The lowest BCUT2D eigenvalue weighted by molar-refractivity contribution is 0.307. The fraction of sp³-hybridized carbons (Fsp3) is 0.333. The average Bonchev–Trinajstić information content (AvgIpc) is 3.04. The van der Waals surface area contributed by atoms with Gasteiger partial charge in [0.05, 0.1) is 73.3 Å². The molecule has 0 radical (unpaired) electrons. The van der Waals surface area contributed by atoms with Gasteiger partial charge < -0.3 is 37.9 Å². The third kappa shape index (κ3) is 9.47. The minimum Gasteiger partial charge on any atom is -0.496 e. The molecule has 0 saturated heterocycles. The molecule has 0 fully saturated rings. The number of methoxy groups -OCH3 is 7. The molecule has 0 atom stereocenters. The zero-order valence-corrected chi connectivity index (χ0v) is 27.4. The Hall–Kier alpha value is -4.55. The van der Waals surface area contributed by atoms with Crippen molar-refractivity contribution in [2.75, 3.05) is 62.1 Å². The van der Waals surface area contributed by atoms with E-state index in [1.54, 1.807) is 74.0 Å². The van der Waals surface area contributed by atoms with Gasteiger partial charge in [-0.05, 0) is 37.1 Å². The van der Waals surface area contributed by atoms with Crippen LogP contribution in [-0.4, -0.2) is 75.1 Å². The van der Waals surface area contributed by atoms with Gasteiger partial charge in [-0.2, -0.15) is 8.42 Å². The number of hydrogen-bond acceptors (Lipinski definition) is 10. The van der Waals surface area contributed by atoms with Crippen LogP contribution < -0.4 is 37.9 Å². The topological polar surface area (TPSA) is 128 Å². The van der Waals surface area contributed by atoms with E-state index >= 15 is 0 Å². The van der Waals surface area contributed by atoms with Gasteiger partial charge in [0.1, 0.15) is 46.0 Å². The molecule has 3 rings (SSSR count). The molecule has 0 aliphatic rings. The van der Waals surface area contributed by atoms with Gasteiger partial charge in [-0.3, -0.25) is 4.55 Å². The fourth-order valence-corrected chi connectivity index (χ4v) is 5.03. The Labute approximate surface area is 264 Å². The van der Waals surface area contributed by atoms with E-state index in [9.17, 15) is 8.42 Å². The fourth-order valence-electron chi connectivity index (χ4n) is 4.46. The molecule has 3 aromatic rings. The molecule has 0 bridgehead atoms. The Balaban J connectivity index is 2.08. The molecule has 45 heavy (non-hydrogen) atoms. The summed E-state index contributed by atoms with van der Waals surface area (Å²) in [6, 6.07) is 10.7. The van der Waals surface area contributed by atoms with Gasteiger partial charge in [-0.15, -0.1) is 0 Å². The lowest BCUT2D eigenvalue weighted by atomic mass is 10.0. The van der Waals surface area contributed by atoms with Crippen molar-refractivity contribution in [1.29, 1.82) is 0 Å². The van der Waals surface area contributed by atoms with E-state index in [2.05, 4.69) is 0 Å². The highest BCUT2D eigenvalue weighted by Gasteiger charge is 2.15. The summed E-state index contributed by atoms with van der Waals surface area (Å²) in [7, 11) is 6.89. The molecular formula is C33H40O11S. The Bertz CT molecular complexity index is 1560. The molecule has 244 valence electrons. The molecule has 12 heteroatoms. The summed E-state index contributed by atoms with van der Waals surface area (Å²) in [5.41, 5.74) is 2.75. The maximum Gasteiger partial charge on any atom is 0.264 e. The van der Waals surface area contributed by atoms with Crippen LogP contribution in [0.25, 0.3) is 24.3 Å². The van der Waals surface area contributed by atoms with Crippen LogP contribution in [0.1, 0.15) is 35.1 Å². The third-order valence-electron chi connectivity index (χ3n) is 6.78. The van der Waals surface area contributed by atoms with Gasteiger partial charge in [0.2, 0.25) is 0 Å². The molecule has 0 aromatic heterocycles. The summed E-state index contributed by atoms with van der Waals surface area (Å²) >= 11 is 0. The van der Waals surface area contributed by atoms with Crippen molar-refractivity contribution in [1.82, 2.24) is 0 Å². The highest BCUT2D eigenvalue weighted by atomic mass is 32.2. The molecule has 0 spiro atoms. The molecule has 0 unspecified atom stereocenters. The molecule has 3 aromatic carbocycles. The zero-order valence-electron chi connectivity index (χ0n) is 26.5. The predicted octanol–water partition coefficient (Wildman–Crippen LogP) is 6.13. The maximum atomic E-state index is 11.1. The maximum absolute atomic E-state index is 11.1. The second-order valence-corrected chi connectivity index (χ2v) is 11.1. The summed E-state index contributed by atoms with van der Waals surface area (Å²) in [6.45, 7) is 0.209. The molecule has 0 aliphatic carbocycles. The summed E-state index contributed by atoms with van der Waals surface area (Å²) in [5, 5.41) is 0. The largest absolute Gasteiger partial charge is 0.496 e. The van der Waals surface area contributed by atoms with Crippen molar-refractivity contribution in [3.05, 3.63) is 58.7 Å². The first-order valence-corrected chi connectivity index (χ1v) is 15.5. The van der Waals surface area contributed by atoms with Gasteiger partial charge in [0, 0.05) is 35.4 Å². The Kier molecular flexibility index (Phi) is 12.8.